The number of hydrogen-bond donors (Lipinski definition) is 1. The number of nitrogens with one attached hydrogen (secondary N) is 1. The minimum atomic E-state index is -0.117. The Labute approximate surface area is 127 Å². The number of anilines is 1. The van der Waals surface area contributed by atoms with E-state index in [-0.39, 0.29) is 5.91 Å². The lowest BCUT2D eigenvalue weighted by Gasteiger charge is -2.07. The third kappa shape index (κ3) is 3.73. The van der Waals surface area contributed by atoms with E-state index in [0.717, 1.165) is 29.6 Å². The molecule has 0 aliphatic rings. The summed E-state index contributed by atoms with van der Waals surface area (Å²) in [6.07, 6.45) is 4.35. The Kier molecular flexibility index (Phi) is 5.41. The Balaban J connectivity index is 2.08. The largest absolute Gasteiger partial charge is 0.469 e. The molecule has 2 aromatic rings. The Morgan fingerprint density at radius 2 is 2.20 bits per heavy atom. The molecule has 1 aromatic heterocycles. The standard InChI is InChI=1S/C16H18BrNO2/c1-2-15-14(8-10-20-15)16(19)18-13-7-3-5-12(11-13)6-4-9-17/h3,5,7-8,10-11H,2,4,6,9H2,1H3,(H,18,19). The van der Waals surface area contributed by atoms with Crippen molar-refractivity contribution in [1.82, 2.24) is 0 Å². The van der Waals surface area contributed by atoms with Crippen LogP contribution in [-0.2, 0) is 12.8 Å². The van der Waals surface area contributed by atoms with E-state index in [1.54, 1.807) is 12.3 Å². The van der Waals surface area contributed by atoms with Crippen LogP contribution >= 0.6 is 15.9 Å². The first-order chi connectivity index (χ1) is 9.74. The topological polar surface area (TPSA) is 42.2 Å². The summed E-state index contributed by atoms with van der Waals surface area (Å²) in [7, 11) is 0. The molecule has 3 nitrogen and oxygen atoms in total. The smallest absolute Gasteiger partial charge is 0.259 e. The molecule has 0 saturated heterocycles. The summed E-state index contributed by atoms with van der Waals surface area (Å²) in [6, 6.07) is 9.68. The van der Waals surface area contributed by atoms with Crippen LogP contribution in [0.15, 0.2) is 41.0 Å². The second-order valence-corrected chi connectivity index (χ2v) is 5.35. The lowest BCUT2D eigenvalue weighted by Crippen LogP contribution is -2.12. The molecule has 0 bridgehead atoms. The molecule has 0 spiro atoms. The van der Waals surface area contributed by atoms with Gasteiger partial charge in [0.15, 0.2) is 0 Å². The summed E-state index contributed by atoms with van der Waals surface area (Å²) in [4.78, 5) is 12.2. The molecular weight excluding hydrogens is 318 g/mol. The van der Waals surface area contributed by atoms with Crippen molar-refractivity contribution in [3.8, 4) is 0 Å². The molecule has 1 N–H and O–H groups in total. The van der Waals surface area contributed by atoms with E-state index >= 15 is 0 Å². The molecule has 1 heterocycles. The highest BCUT2D eigenvalue weighted by molar-refractivity contribution is 9.09. The number of benzene rings is 1. The van der Waals surface area contributed by atoms with E-state index in [2.05, 4.69) is 27.3 Å². The zero-order valence-electron chi connectivity index (χ0n) is 11.5. The summed E-state index contributed by atoms with van der Waals surface area (Å²) in [5.74, 6) is 0.603. The second kappa shape index (κ2) is 7.29. The van der Waals surface area contributed by atoms with Crippen molar-refractivity contribution < 1.29 is 9.21 Å². The molecule has 0 radical (unpaired) electrons. The van der Waals surface area contributed by atoms with E-state index in [9.17, 15) is 4.79 Å². The molecule has 0 aliphatic heterocycles. The number of rotatable bonds is 6. The molecule has 4 heteroatoms. The fraction of sp³-hybridized carbons (Fsp3) is 0.312. The highest BCUT2D eigenvalue weighted by atomic mass is 79.9. The SMILES string of the molecule is CCc1occc1C(=O)Nc1cccc(CCCBr)c1. The minimum absolute atomic E-state index is 0.117. The number of carbonyl (C=O) groups excluding carboxylic acids is 1. The van der Waals surface area contributed by atoms with Crippen molar-refractivity contribution >= 4 is 27.5 Å². The van der Waals surface area contributed by atoms with Crippen molar-refractivity contribution in [2.24, 2.45) is 0 Å². The van der Waals surface area contributed by atoms with E-state index in [1.165, 1.54) is 5.56 Å². The number of amides is 1. The molecule has 0 saturated carbocycles. The average molecular weight is 336 g/mol. The Hall–Kier alpha value is -1.55. The van der Waals surface area contributed by atoms with Crippen LogP contribution in [0.3, 0.4) is 0 Å². The molecular formula is C16H18BrNO2. The third-order valence-corrected chi connectivity index (χ3v) is 3.66. The molecule has 0 aliphatic carbocycles. The van der Waals surface area contributed by atoms with Gasteiger partial charge in [-0.25, -0.2) is 0 Å². The van der Waals surface area contributed by atoms with E-state index < -0.39 is 0 Å². The molecule has 1 amide bonds. The van der Waals surface area contributed by atoms with Gasteiger partial charge in [-0.05, 0) is 36.6 Å². The van der Waals surface area contributed by atoms with Gasteiger partial charge in [0.25, 0.3) is 5.91 Å². The van der Waals surface area contributed by atoms with Gasteiger partial charge in [-0.1, -0.05) is 35.0 Å². The third-order valence-electron chi connectivity index (χ3n) is 3.10. The molecule has 106 valence electrons. The quantitative estimate of drug-likeness (QED) is 0.794. The summed E-state index contributed by atoms with van der Waals surface area (Å²) < 4.78 is 5.28. The second-order valence-electron chi connectivity index (χ2n) is 4.56. The molecule has 0 unspecified atom stereocenters. The summed E-state index contributed by atoms with van der Waals surface area (Å²) in [5, 5.41) is 3.91. The van der Waals surface area contributed by atoms with Crippen LogP contribution in [0.5, 0.6) is 0 Å². The van der Waals surface area contributed by atoms with Gasteiger partial charge in [-0.2, -0.15) is 0 Å². The van der Waals surface area contributed by atoms with E-state index in [0.29, 0.717) is 12.0 Å². The minimum Gasteiger partial charge on any atom is -0.469 e. The Morgan fingerprint density at radius 3 is 2.95 bits per heavy atom. The van der Waals surface area contributed by atoms with Crippen molar-refractivity contribution in [3.05, 3.63) is 53.5 Å². The first-order valence-corrected chi connectivity index (χ1v) is 7.89. The van der Waals surface area contributed by atoms with Crippen LogP contribution in [0, 0.1) is 0 Å². The van der Waals surface area contributed by atoms with Crippen LogP contribution in [0.1, 0.15) is 35.0 Å². The summed E-state index contributed by atoms with van der Waals surface area (Å²) >= 11 is 3.43. The average Bonchev–Trinajstić information content (AvgIpc) is 2.94. The number of alkyl halides is 1. The molecule has 20 heavy (non-hydrogen) atoms. The Bertz CT molecular complexity index is 577. The van der Waals surface area contributed by atoms with Crippen molar-refractivity contribution in [2.45, 2.75) is 26.2 Å². The van der Waals surface area contributed by atoms with Crippen LogP contribution < -0.4 is 5.32 Å². The van der Waals surface area contributed by atoms with Gasteiger partial charge in [0.05, 0.1) is 11.8 Å². The fourth-order valence-electron chi connectivity index (χ4n) is 2.09. The lowest BCUT2D eigenvalue weighted by molar-refractivity contribution is 0.102. The maximum Gasteiger partial charge on any atom is 0.259 e. The van der Waals surface area contributed by atoms with E-state index in [1.807, 2.05) is 25.1 Å². The van der Waals surface area contributed by atoms with Gasteiger partial charge in [0.1, 0.15) is 5.76 Å². The molecule has 1 aromatic carbocycles. The number of carbonyl (C=O) groups is 1. The van der Waals surface area contributed by atoms with Crippen LogP contribution in [-0.4, -0.2) is 11.2 Å². The van der Waals surface area contributed by atoms with Crippen molar-refractivity contribution in [1.29, 1.82) is 0 Å². The van der Waals surface area contributed by atoms with Crippen LogP contribution in [0.2, 0.25) is 0 Å². The molecule has 2 rings (SSSR count). The maximum absolute atomic E-state index is 12.2. The van der Waals surface area contributed by atoms with Gasteiger partial charge < -0.3 is 9.73 Å². The predicted molar refractivity (Wildman–Crippen MR) is 84.6 cm³/mol. The number of aryl methyl sites for hydroxylation is 2. The van der Waals surface area contributed by atoms with Crippen molar-refractivity contribution in [2.75, 3.05) is 10.6 Å². The van der Waals surface area contributed by atoms with E-state index in [4.69, 9.17) is 4.42 Å². The van der Waals surface area contributed by atoms with Crippen molar-refractivity contribution in [3.63, 3.8) is 0 Å². The first kappa shape index (κ1) is 14.9. The predicted octanol–water partition coefficient (Wildman–Crippen LogP) is 4.42. The molecule has 0 fully saturated rings. The first-order valence-electron chi connectivity index (χ1n) is 6.77. The summed E-state index contributed by atoms with van der Waals surface area (Å²) in [6.45, 7) is 1.97. The van der Waals surface area contributed by atoms with Crippen LogP contribution in [0.25, 0.3) is 0 Å². The zero-order valence-corrected chi connectivity index (χ0v) is 13.1. The maximum atomic E-state index is 12.2. The van der Waals surface area contributed by atoms with Gasteiger partial charge in [-0.3, -0.25) is 4.79 Å². The molecule has 0 atom stereocenters. The zero-order chi connectivity index (χ0) is 14.4. The summed E-state index contributed by atoms with van der Waals surface area (Å²) in [5.41, 5.74) is 2.66. The fourth-order valence-corrected chi connectivity index (χ4v) is 2.37. The van der Waals surface area contributed by atoms with Gasteiger partial charge in [0, 0.05) is 17.4 Å². The highest BCUT2D eigenvalue weighted by Gasteiger charge is 2.13. The highest BCUT2D eigenvalue weighted by Crippen LogP contribution is 2.16. The Morgan fingerprint density at radius 1 is 1.35 bits per heavy atom. The number of furan rings is 1. The lowest BCUT2D eigenvalue weighted by atomic mass is 10.1. The van der Waals surface area contributed by atoms with Crippen LogP contribution in [0.4, 0.5) is 5.69 Å². The normalized spacial score (nSPS) is 10.5. The monoisotopic (exact) mass is 335 g/mol. The number of halogens is 1. The number of hydrogen-bond acceptors (Lipinski definition) is 2. The van der Waals surface area contributed by atoms with Gasteiger partial charge in [-0.15, -0.1) is 0 Å². The van der Waals surface area contributed by atoms with Gasteiger partial charge in [0.2, 0.25) is 0 Å². The van der Waals surface area contributed by atoms with Gasteiger partial charge >= 0.3 is 0 Å².